The van der Waals surface area contributed by atoms with E-state index < -0.39 is 55.7 Å². The summed E-state index contributed by atoms with van der Waals surface area (Å²) < 4.78 is 51.4. The van der Waals surface area contributed by atoms with E-state index in [1.165, 1.54) is 19.1 Å². The van der Waals surface area contributed by atoms with E-state index in [1.807, 2.05) is 22.4 Å². The maximum Gasteiger partial charge on any atom is 0.491 e. The number of ether oxygens (including phenoxy) is 2. The van der Waals surface area contributed by atoms with Gasteiger partial charge >= 0.3 is 19.4 Å². The molecule has 0 bridgehead atoms. The number of hydrogen-bond donors (Lipinski definition) is 3. The largest absolute Gasteiger partial charge is 0.497 e. The quantitative estimate of drug-likeness (QED) is 0.221. The summed E-state index contributed by atoms with van der Waals surface area (Å²) in [5.41, 5.74) is -2.48. The smallest absolute Gasteiger partial charge is 0.491 e. The average Bonchev–Trinajstić information content (AvgIpc) is 3.19. The molecule has 0 radical (unpaired) electrons. The van der Waals surface area contributed by atoms with Crippen molar-refractivity contribution in [3.63, 3.8) is 0 Å². The summed E-state index contributed by atoms with van der Waals surface area (Å²) in [7, 11) is -2.91. The van der Waals surface area contributed by atoms with Gasteiger partial charge in [-0.3, -0.25) is 23.7 Å². The van der Waals surface area contributed by atoms with Crippen LogP contribution in [0.1, 0.15) is 26.5 Å². The fourth-order valence-corrected chi connectivity index (χ4v) is 5.11. The van der Waals surface area contributed by atoms with Crippen LogP contribution < -0.4 is 25.8 Å². The maximum atomic E-state index is 15.5. The molecule has 3 aromatic rings. The van der Waals surface area contributed by atoms with Gasteiger partial charge in [0, 0.05) is 18.7 Å². The van der Waals surface area contributed by atoms with Crippen molar-refractivity contribution in [3.8, 4) is 22.6 Å². The van der Waals surface area contributed by atoms with Gasteiger partial charge in [0.05, 0.1) is 13.7 Å². The molecule has 0 saturated carbocycles. The van der Waals surface area contributed by atoms with Gasteiger partial charge in [-0.1, -0.05) is 31.2 Å². The van der Waals surface area contributed by atoms with Gasteiger partial charge in [-0.05, 0) is 47.6 Å². The molecule has 13 nitrogen and oxygen atoms in total. The van der Waals surface area contributed by atoms with Crippen molar-refractivity contribution < 1.29 is 42.2 Å². The molecule has 41 heavy (non-hydrogen) atoms. The van der Waals surface area contributed by atoms with Gasteiger partial charge in [-0.15, -0.1) is 0 Å². The van der Waals surface area contributed by atoms with Gasteiger partial charge in [-0.2, -0.15) is 0 Å². The molecule has 15 heteroatoms. The lowest BCUT2D eigenvalue weighted by Gasteiger charge is -2.24. The first kappa shape index (κ1) is 30.2. The zero-order valence-corrected chi connectivity index (χ0v) is 23.2. The number of halogens is 1. The SMILES string of the molecule is CCC(=O)ONP(=O)(OC[C@H]1O[C@@H](n2ccc(=O)[nH]c2=O)[C@](C)(F)[C@@H]1O)Oc1ccc(-c2ccc(OC)cc2)cc1. The van der Waals surface area contributed by atoms with Crippen LogP contribution in [0.5, 0.6) is 11.5 Å². The first-order chi connectivity index (χ1) is 19.5. The Morgan fingerprint density at radius 3 is 2.29 bits per heavy atom. The van der Waals surface area contributed by atoms with Crippen LogP contribution in [0, 0.1) is 0 Å². The second kappa shape index (κ2) is 12.4. The van der Waals surface area contributed by atoms with E-state index in [2.05, 4.69) is 0 Å². The topological polar surface area (TPSA) is 167 Å². The molecule has 4 rings (SSSR count). The summed E-state index contributed by atoms with van der Waals surface area (Å²) >= 11 is 0. The highest BCUT2D eigenvalue weighted by Crippen LogP contribution is 2.47. The lowest BCUT2D eigenvalue weighted by atomic mass is 9.98. The molecule has 1 aliphatic heterocycles. The van der Waals surface area contributed by atoms with Crippen LogP contribution in [-0.4, -0.2) is 52.2 Å². The number of aliphatic hydroxyl groups excluding tert-OH is 1. The Labute approximate surface area is 233 Å². The van der Waals surface area contributed by atoms with E-state index in [4.69, 9.17) is 23.4 Å². The van der Waals surface area contributed by atoms with E-state index in [1.54, 1.807) is 31.4 Å². The Morgan fingerprint density at radius 2 is 1.73 bits per heavy atom. The fourth-order valence-electron chi connectivity index (χ4n) is 4.01. The minimum absolute atomic E-state index is 0.0518. The van der Waals surface area contributed by atoms with Gasteiger partial charge in [-0.25, -0.2) is 13.8 Å². The lowest BCUT2D eigenvalue weighted by Crippen LogP contribution is -2.43. The number of H-pyrrole nitrogens is 1. The van der Waals surface area contributed by atoms with Crippen LogP contribution in [-0.2, 0) is 23.5 Å². The predicted molar refractivity (Wildman–Crippen MR) is 143 cm³/mol. The van der Waals surface area contributed by atoms with Crippen LogP contribution in [0.2, 0.25) is 0 Å². The van der Waals surface area contributed by atoms with E-state index in [-0.39, 0.29) is 12.2 Å². The molecule has 0 spiro atoms. The second-order valence-electron chi connectivity index (χ2n) is 9.20. The normalized spacial score (nSPS) is 23.5. The van der Waals surface area contributed by atoms with E-state index in [0.717, 1.165) is 34.9 Å². The first-order valence-electron chi connectivity index (χ1n) is 12.5. The molecule has 2 aromatic carbocycles. The number of nitrogens with zero attached hydrogens (tertiary/aromatic N) is 1. The molecule has 5 atom stereocenters. The molecular formula is C26H29FN3O10P. The zero-order valence-electron chi connectivity index (χ0n) is 22.3. The number of hydrogen-bond acceptors (Lipinski definition) is 10. The van der Waals surface area contributed by atoms with Gasteiger partial charge in [0.15, 0.2) is 11.9 Å². The zero-order chi connectivity index (χ0) is 29.8. The number of rotatable bonds is 11. The molecule has 1 aliphatic rings. The monoisotopic (exact) mass is 593 g/mol. The Kier molecular flexibility index (Phi) is 9.10. The Bertz CT molecular complexity index is 1520. The third kappa shape index (κ3) is 6.92. The number of carbonyl (C=O) groups excluding carboxylic acids is 1. The summed E-state index contributed by atoms with van der Waals surface area (Å²) in [5, 5.41) is 12.6. The van der Waals surface area contributed by atoms with Crippen LogP contribution >= 0.6 is 7.75 Å². The minimum Gasteiger partial charge on any atom is -0.497 e. The Morgan fingerprint density at radius 1 is 1.12 bits per heavy atom. The molecule has 0 aliphatic carbocycles. The third-order valence-corrected chi connectivity index (χ3v) is 7.55. The molecule has 2 heterocycles. The number of methoxy groups -OCH3 is 1. The molecule has 0 amide bonds. The van der Waals surface area contributed by atoms with E-state index in [9.17, 15) is 24.1 Å². The Hall–Kier alpha value is -3.81. The highest BCUT2D eigenvalue weighted by atomic mass is 31.2. The standard InChI is InChI=1S/C26H29FN3O10P/c1-4-22(32)39-29-41(35,40-19-11-7-17(8-12-19)16-5-9-18(36-3)10-6-16)37-15-20-23(33)26(2,27)24(38-20)30-14-13-21(31)28-25(30)34/h5-14,20,23-24,33H,4,15H2,1-3H3,(H,29,35)(H,28,31,34)/t20-,23-,24-,26-,41?/m1/s1. The van der Waals surface area contributed by atoms with Crippen molar-refractivity contribution in [3.05, 3.63) is 81.6 Å². The second-order valence-corrected chi connectivity index (χ2v) is 10.8. The maximum absolute atomic E-state index is 15.5. The molecule has 1 unspecified atom stereocenters. The summed E-state index contributed by atoms with van der Waals surface area (Å²) in [6.45, 7) is 1.81. The number of carbonyl (C=O) groups is 1. The van der Waals surface area contributed by atoms with Gasteiger partial charge < -0.3 is 23.9 Å². The van der Waals surface area contributed by atoms with Gasteiger partial charge in [0.1, 0.15) is 23.7 Å². The van der Waals surface area contributed by atoms with Crippen molar-refractivity contribution in [2.75, 3.05) is 13.7 Å². The average molecular weight is 594 g/mol. The fraction of sp³-hybridized carbons (Fsp3) is 0.346. The van der Waals surface area contributed by atoms with Crippen LogP contribution in [0.15, 0.2) is 70.4 Å². The minimum atomic E-state index is -4.47. The first-order valence-corrected chi connectivity index (χ1v) is 14.0. The van der Waals surface area contributed by atoms with Crippen molar-refractivity contribution >= 4 is 13.7 Å². The Balaban J connectivity index is 1.50. The predicted octanol–water partition coefficient (Wildman–Crippen LogP) is 2.86. The van der Waals surface area contributed by atoms with Crippen LogP contribution in [0.25, 0.3) is 11.1 Å². The van der Waals surface area contributed by atoms with Gasteiger partial charge in [0.2, 0.25) is 0 Å². The van der Waals surface area contributed by atoms with E-state index in [0.29, 0.717) is 5.75 Å². The summed E-state index contributed by atoms with van der Waals surface area (Å²) in [4.78, 5) is 42.0. The number of aliphatic hydroxyl groups is 1. The van der Waals surface area contributed by atoms with Gasteiger partial charge in [0.25, 0.3) is 5.56 Å². The summed E-state index contributed by atoms with van der Waals surface area (Å²) in [6, 6.07) is 14.7. The molecule has 1 aromatic heterocycles. The molecule has 220 valence electrons. The number of benzene rings is 2. The third-order valence-electron chi connectivity index (χ3n) is 6.29. The highest BCUT2D eigenvalue weighted by Gasteiger charge is 2.55. The summed E-state index contributed by atoms with van der Waals surface area (Å²) in [6.07, 6.45) is -3.96. The number of alkyl halides is 1. The highest BCUT2D eigenvalue weighted by molar-refractivity contribution is 7.51. The summed E-state index contributed by atoms with van der Waals surface area (Å²) in [5.74, 6) is 0.00538. The number of aromatic amines is 1. The van der Waals surface area contributed by atoms with Crippen molar-refractivity contribution in [2.45, 2.75) is 44.4 Å². The van der Waals surface area contributed by atoms with Crippen molar-refractivity contribution in [1.29, 1.82) is 0 Å². The van der Waals surface area contributed by atoms with Crippen molar-refractivity contribution in [2.24, 2.45) is 0 Å². The van der Waals surface area contributed by atoms with E-state index >= 15 is 4.39 Å². The molecule has 3 N–H and O–H groups in total. The lowest BCUT2D eigenvalue weighted by molar-refractivity contribution is -0.147. The molecule has 1 fully saturated rings. The molecular weight excluding hydrogens is 564 g/mol. The molecule has 1 saturated heterocycles. The number of nitrogens with one attached hydrogen (secondary N) is 2. The van der Waals surface area contributed by atoms with Crippen LogP contribution in [0.3, 0.4) is 0 Å². The van der Waals surface area contributed by atoms with Crippen molar-refractivity contribution in [1.82, 2.24) is 14.8 Å². The van der Waals surface area contributed by atoms with Crippen LogP contribution in [0.4, 0.5) is 4.39 Å². The number of aromatic nitrogens is 2.